The third-order valence-corrected chi connectivity index (χ3v) is 3.76. The number of hydrogen-bond acceptors (Lipinski definition) is 3. The van der Waals surface area contributed by atoms with E-state index in [1.165, 1.54) is 0 Å². The van der Waals surface area contributed by atoms with Crippen LogP contribution in [0, 0.1) is 0 Å². The second-order valence-electron chi connectivity index (χ2n) is 5.60. The van der Waals surface area contributed by atoms with Crippen LogP contribution in [0.5, 0.6) is 5.88 Å². The molecule has 0 unspecified atom stereocenters. The van der Waals surface area contributed by atoms with Crippen LogP contribution in [0.4, 0.5) is 4.79 Å². The number of carbonyl (C=O) groups excluding carboxylic acids is 1. The summed E-state index contributed by atoms with van der Waals surface area (Å²) in [5.74, 6) is 0.604. The Morgan fingerprint density at radius 2 is 2.23 bits per heavy atom. The van der Waals surface area contributed by atoms with Crippen LogP contribution in [0.25, 0.3) is 0 Å². The second kappa shape index (κ2) is 6.09. The molecule has 3 heterocycles. The molecule has 2 aromatic heterocycles. The van der Waals surface area contributed by atoms with Gasteiger partial charge in [0.25, 0.3) is 0 Å². The maximum absolute atomic E-state index is 12.2. The summed E-state index contributed by atoms with van der Waals surface area (Å²) in [5, 5.41) is 0. The molecule has 0 spiro atoms. The van der Waals surface area contributed by atoms with Gasteiger partial charge in [-0.3, -0.25) is 0 Å². The van der Waals surface area contributed by atoms with Gasteiger partial charge in [-0.2, -0.15) is 0 Å². The number of aromatic nitrogens is 2. The molecule has 1 atom stereocenters. The molecule has 0 aliphatic carbocycles. The molecule has 0 saturated carbocycles. The topological polar surface area (TPSA) is 50.6 Å². The van der Waals surface area contributed by atoms with Crippen molar-refractivity contribution in [3.05, 3.63) is 48.4 Å². The van der Waals surface area contributed by atoms with Crippen molar-refractivity contribution in [2.24, 2.45) is 0 Å². The van der Waals surface area contributed by atoms with Crippen molar-refractivity contribution in [2.75, 3.05) is 27.2 Å². The van der Waals surface area contributed by atoms with Gasteiger partial charge in [0.15, 0.2) is 0 Å². The van der Waals surface area contributed by atoms with Crippen molar-refractivity contribution in [2.45, 2.75) is 12.6 Å². The number of pyridine rings is 1. The Bertz CT molecular complexity index is 639. The molecule has 1 aliphatic rings. The van der Waals surface area contributed by atoms with E-state index in [2.05, 4.69) is 9.55 Å². The van der Waals surface area contributed by atoms with Gasteiger partial charge >= 0.3 is 6.03 Å². The lowest BCUT2D eigenvalue weighted by atomic mass is 10.2. The minimum atomic E-state index is 0.0234. The van der Waals surface area contributed by atoms with Gasteiger partial charge in [0.1, 0.15) is 6.61 Å². The third kappa shape index (κ3) is 2.90. The molecule has 0 saturated heterocycles. The Hall–Kier alpha value is -2.50. The average Bonchev–Trinajstić information content (AvgIpc) is 3.01. The van der Waals surface area contributed by atoms with Crippen molar-refractivity contribution in [3.63, 3.8) is 0 Å². The zero-order valence-electron chi connectivity index (χ0n) is 12.8. The van der Waals surface area contributed by atoms with Crippen molar-refractivity contribution in [1.29, 1.82) is 0 Å². The third-order valence-electron chi connectivity index (χ3n) is 3.76. The van der Waals surface area contributed by atoms with Crippen molar-refractivity contribution >= 4 is 6.03 Å². The van der Waals surface area contributed by atoms with Crippen LogP contribution in [0.1, 0.15) is 11.7 Å². The molecule has 0 fully saturated rings. The highest BCUT2D eigenvalue weighted by Crippen LogP contribution is 2.23. The number of amides is 2. The van der Waals surface area contributed by atoms with Crippen LogP contribution in [0.3, 0.4) is 0 Å². The molecule has 0 N–H and O–H groups in total. The summed E-state index contributed by atoms with van der Waals surface area (Å²) in [6.45, 7) is 1.74. The molecule has 2 amide bonds. The number of nitrogens with zero attached hydrogens (tertiary/aromatic N) is 4. The normalized spacial score (nSPS) is 17.0. The molecule has 116 valence electrons. The Balaban J connectivity index is 1.74. The SMILES string of the molecule is CN(C)C(=O)N1Cc2cccn2[C@@H](COc2ccccn2)C1. The Labute approximate surface area is 129 Å². The van der Waals surface area contributed by atoms with E-state index >= 15 is 0 Å². The van der Waals surface area contributed by atoms with Crippen molar-refractivity contribution < 1.29 is 9.53 Å². The molecule has 1 aliphatic heterocycles. The highest BCUT2D eigenvalue weighted by Gasteiger charge is 2.28. The van der Waals surface area contributed by atoms with Crippen molar-refractivity contribution in [3.8, 4) is 5.88 Å². The fourth-order valence-electron chi connectivity index (χ4n) is 2.70. The highest BCUT2D eigenvalue weighted by atomic mass is 16.5. The molecular formula is C16H20N4O2. The summed E-state index contributed by atoms with van der Waals surface area (Å²) < 4.78 is 7.96. The Morgan fingerprint density at radius 1 is 1.36 bits per heavy atom. The largest absolute Gasteiger partial charge is 0.475 e. The smallest absolute Gasteiger partial charge is 0.319 e. The summed E-state index contributed by atoms with van der Waals surface area (Å²) in [6, 6.07) is 9.75. The van der Waals surface area contributed by atoms with Crippen LogP contribution in [0.2, 0.25) is 0 Å². The lowest BCUT2D eigenvalue weighted by molar-refractivity contribution is 0.128. The quantitative estimate of drug-likeness (QED) is 0.871. The molecule has 0 bridgehead atoms. The van der Waals surface area contributed by atoms with Gasteiger partial charge in [0.05, 0.1) is 12.6 Å². The summed E-state index contributed by atoms with van der Waals surface area (Å²) in [6.07, 6.45) is 3.75. The molecule has 3 rings (SSSR count). The number of ether oxygens (including phenoxy) is 1. The summed E-state index contributed by atoms with van der Waals surface area (Å²) in [4.78, 5) is 19.9. The Kier molecular flexibility index (Phi) is 4.00. The summed E-state index contributed by atoms with van der Waals surface area (Å²) >= 11 is 0. The van der Waals surface area contributed by atoms with Crippen LogP contribution in [-0.2, 0) is 6.54 Å². The number of rotatable bonds is 3. The van der Waals surface area contributed by atoms with Gasteiger partial charge < -0.3 is 19.1 Å². The maximum Gasteiger partial charge on any atom is 0.319 e. The van der Waals surface area contributed by atoms with E-state index in [0.29, 0.717) is 25.6 Å². The number of urea groups is 1. The lowest BCUT2D eigenvalue weighted by Gasteiger charge is -2.36. The summed E-state index contributed by atoms with van der Waals surface area (Å²) in [7, 11) is 3.55. The Morgan fingerprint density at radius 3 is 2.95 bits per heavy atom. The molecular weight excluding hydrogens is 280 g/mol. The van der Waals surface area contributed by atoms with Gasteiger partial charge in [0.2, 0.25) is 5.88 Å². The van der Waals surface area contributed by atoms with Gasteiger partial charge in [-0.25, -0.2) is 9.78 Å². The van der Waals surface area contributed by atoms with Gasteiger partial charge in [-0.15, -0.1) is 0 Å². The minimum absolute atomic E-state index is 0.0234. The minimum Gasteiger partial charge on any atom is -0.475 e. The molecule has 2 aromatic rings. The zero-order chi connectivity index (χ0) is 15.5. The average molecular weight is 300 g/mol. The van der Waals surface area contributed by atoms with Crippen LogP contribution >= 0.6 is 0 Å². The van der Waals surface area contributed by atoms with Crippen LogP contribution < -0.4 is 4.74 Å². The van der Waals surface area contributed by atoms with Crippen LogP contribution in [-0.4, -0.2) is 52.6 Å². The monoisotopic (exact) mass is 300 g/mol. The first kappa shape index (κ1) is 14.4. The molecule has 6 heteroatoms. The first-order valence-electron chi connectivity index (χ1n) is 7.31. The summed E-state index contributed by atoms with van der Waals surface area (Å²) in [5.41, 5.74) is 1.12. The van der Waals surface area contributed by atoms with Gasteiger partial charge in [-0.1, -0.05) is 6.07 Å². The van der Waals surface area contributed by atoms with E-state index in [1.54, 1.807) is 25.2 Å². The lowest BCUT2D eigenvalue weighted by Crippen LogP contribution is -2.46. The zero-order valence-corrected chi connectivity index (χ0v) is 12.8. The fourth-order valence-corrected chi connectivity index (χ4v) is 2.70. The van der Waals surface area contributed by atoms with Gasteiger partial charge in [-0.05, 0) is 18.2 Å². The predicted molar refractivity (Wildman–Crippen MR) is 82.7 cm³/mol. The highest BCUT2D eigenvalue weighted by molar-refractivity contribution is 5.74. The number of hydrogen-bond donors (Lipinski definition) is 0. The predicted octanol–water partition coefficient (Wildman–Crippen LogP) is 2.00. The maximum atomic E-state index is 12.2. The molecule has 0 radical (unpaired) electrons. The van der Waals surface area contributed by atoms with Crippen molar-refractivity contribution in [1.82, 2.24) is 19.4 Å². The van der Waals surface area contributed by atoms with E-state index in [9.17, 15) is 4.79 Å². The number of carbonyl (C=O) groups is 1. The van der Waals surface area contributed by atoms with E-state index in [1.807, 2.05) is 41.4 Å². The molecule has 0 aromatic carbocycles. The second-order valence-corrected chi connectivity index (χ2v) is 5.60. The van der Waals surface area contributed by atoms with E-state index < -0.39 is 0 Å². The first-order valence-corrected chi connectivity index (χ1v) is 7.31. The van der Waals surface area contributed by atoms with Gasteiger partial charge in [0, 0.05) is 44.8 Å². The van der Waals surface area contributed by atoms with E-state index in [4.69, 9.17) is 4.74 Å². The van der Waals surface area contributed by atoms with Crippen LogP contribution in [0.15, 0.2) is 42.7 Å². The fraction of sp³-hybridized carbons (Fsp3) is 0.375. The standard InChI is InChI=1S/C16H20N4O2/c1-18(2)16(21)19-10-13-6-5-9-20(13)14(11-19)12-22-15-7-3-4-8-17-15/h3-9,14H,10-12H2,1-2H3/t14-/m1/s1. The first-order chi connectivity index (χ1) is 10.6. The molecule has 6 nitrogen and oxygen atoms in total. The van der Waals surface area contributed by atoms with E-state index in [0.717, 1.165) is 5.69 Å². The van der Waals surface area contributed by atoms with E-state index in [-0.39, 0.29) is 12.1 Å². The number of fused-ring (bicyclic) bond motifs is 1. The molecule has 22 heavy (non-hydrogen) atoms.